The van der Waals surface area contributed by atoms with Crippen LogP contribution in [0, 0.1) is 0 Å². The molecule has 2 aromatic rings. The summed E-state index contributed by atoms with van der Waals surface area (Å²) in [5.41, 5.74) is 1.60. The quantitative estimate of drug-likeness (QED) is 0.823. The molecule has 0 saturated carbocycles. The number of benzene rings is 1. The Kier molecular flexibility index (Phi) is 5.36. The molecule has 0 aliphatic heterocycles. The third-order valence-corrected chi connectivity index (χ3v) is 3.23. The van der Waals surface area contributed by atoms with Gasteiger partial charge in [0.15, 0.2) is 11.5 Å². The number of rotatable bonds is 6. The number of pyridine rings is 1. The summed E-state index contributed by atoms with van der Waals surface area (Å²) >= 11 is 0. The molecule has 0 fully saturated rings. The van der Waals surface area contributed by atoms with E-state index in [4.69, 9.17) is 9.47 Å². The second-order valence-electron chi connectivity index (χ2n) is 4.82. The second kappa shape index (κ2) is 7.45. The predicted molar refractivity (Wildman–Crippen MR) is 84.2 cm³/mol. The molecule has 22 heavy (non-hydrogen) atoms. The van der Waals surface area contributed by atoms with Gasteiger partial charge in [0.2, 0.25) is 0 Å². The molecule has 0 bridgehead atoms. The SMILES string of the molecule is CCOc1ccc(C(=O)N(C)Cc2ccncc2)cc1OC. The molecule has 2 rings (SSSR count). The molecule has 116 valence electrons. The minimum Gasteiger partial charge on any atom is -0.493 e. The van der Waals surface area contributed by atoms with Crippen LogP contribution in [0.2, 0.25) is 0 Å². The van der Waals surface area contributed by atoms with Crippen molar-refractivity contribution in [1.82, 2.24) is 9.88 Å². The Bertz CT molecular complexity index is 629. The Morgan fingerprint density at radius 3 is 2.55 bits per heavy atom. The van der Waals surface area contributed by atoms with Gasteiger partial charge >= 0.3 is 0 Å². The van der Waals surface area contributed by atoms with E-state index in [-0.39, 0.29) is 5.91 Å². The van der Waals surface area contributed by atoms with Crippen LogP contribution in [0.15, 0.2) is 42.7 Å². The van der Waals surface area contributed by atoms with Crippen LogP contribution in [-0.2, 0) is 6.54 Å². The maximum absolute atomic E-state index is 12.5. The third-order valence-electron chi connectivity index (χ3n) is 3.23. The van der Waals surface area contributed by atoms with Crippen LogP contribution in [0.4, 0.5) is 0 Å². The third kappa shape index (κ3) is 3.75. The van der Waals surface area contributed by atoms with Gasteiger partial charge in [-0.2, -0.15) is 0 Å². The molecule has 0 saturated heterocycles. The average molecular weight is 300 g/mol. The highest BCUT2D eigenvalue weighted by atomic mass is 16.5. The van der Waals surface area contributed by atoms with Crippen molar-refractivity contribution in [3.8, 4) is 11.5 Å². The molecule has 1 aromatic carbocycles. The van der Waals surface area contributed by atoms with Crippen LogP contribution < -0.4 is 9.47 Å². The van der Waals surface area contributed by atoms with E-state index >= 15 is 0 Å². The highest BCUT2D eigenvalue weighted by Crippen LogP contribution is 2.28. The van der Waals surface area contributed by atoms with E-state index in [1.54, 1.807) is 49.7 Å². The number of ether oxygens (including phenoxy) is 2. The number of hydrogen-bond acceptors (Lipinski definition) is 4. The van der Waals surface area contributed by atoms with Gasteiger partial charge in [-0.15, -0.1) is 0 Å². The summed E-state index contributed by atoms with van der Waals surface area (Å²) in [4.78, 5) is 18.1. The van der Waals surface area contributed by atoms with Gasteiger partial charge in [0, 0.05) is 31.5 Å². The van der Waals surface area contributed by atoms with Crippen molar-refractivity contribution < 1.29 is 14.3 Å². The number of methoxy groups -OCH3 is 1. The second-order valence-corrected chi connectivity index (χ2v) is 4.82. The number of carbonyl (C=O) groups is 1. The van der Waals surface area contributed by atoms with Gasteiger partial charge in [-0.1, -0.05) is 0 Å². The first-order valence-electron chi connectivity index (χ1n) is 7.11. The van der Waals surface area contributed by atoms with E-state index in [0.29, 0.717) is 30.2 Å². The van der Waals surface area contributed by atoms with Gasteiger partial charge in [0.25, 0.3) is 5.91 Å². The zero-order valence-electron chi connectivity index (χ0n) is 13.1. The summed E-state index contributed by atoms with van der Waals surface area (Å²) in [6, 6.07) is 9.00. The fourth-order valence-electron chi connectivity index (χ4n) is 2.13. The summed E-state index contributed by atoms with van der Waals surface area (Å²) in [7, 11) is 3.33. The zero-order chi connectivity index (χ0) is 15.9. The Morgan fingerprint density at radius 2 is 1.91 bits per heavy atom. The molecule has 0 spiro atoms. The molecule has 5 nitrogen and oxygen atoms in total. The van der Waals surface area contributed by atoms with Crippen LogP contribution in [0.5, 0.6) is 11.5 Å². The molecule has 0 N–H and O–H groups in total. The first-order valence-corrected chi connectivity index (χ1v) is 7.11. The highest BCUT2D eigenvalue weighted by Gasteiger charge is 2.15. The van der Waals surface area contributed by atoms with E-state index in [1.165, 1.54) is 0 Å². The van der Waals surface area contributed by atoms with Crippen molar-refractivity contribution in [2.24, 2.45) is 0 Å². The Labute approximate surface area is 130 Å². The lowest BCUT2D eigenvalue weighted by Gasteiger charge is -2.18. The molecule has 0 radical (unpaired) electrons. The van der Waals surface area contributed by atoms with Crippen molar-refractivity contribution in [3.63, 3.8) is 0 Å². The Morgan fingerprint density at radius 1 is 1.18 bits per heavy atom. The normalized spacial score (nSPS) is 10.1. The number of hydrogen-bond donors (Lipinski definition) is 0. The number of nitrogens with zero attached hydrogens (tertiary/aromatic N) is 2. The minimum atomic E-state index is -0.0711. The molecule has 5 heteroatoms. The summed E-state index contributed by atoms with van der Waals surface area (Å²) in [6.07, 6.45) is 3.43. The summed E-state index contributed by atoms with van der Waals surface area (Å²) in [5, 5.41) is 0. The van der Waals surface area contributed by atoms with Gasteiger partial charge in [-0.25, -0.2) is 0 Å². The molecule has 0 aliphatic rings. The lowest BCUT2D eigenvalue weighted by Crippen LogP contribution is -2.26. The standard InChI is InChI=1S/C17H20N2O3/c1-4-22-15-6-5-14(11-16(15)21-3)17(20)19(2)12-13-7-9-18-10-8-13/h5-11H,4,12H2,1-3H3. The van der Waals surface area contributed by atoms with Gasteiger partial charge < -0.3 is 14.4 Å². The van der Waals surface area contributed by atoms with Crippen LogP contribution in [0.25, 0.3) is 0 Å². The van der Waals surface area contributed by atoms with E-state index in [0.717, 1.165) is 5.56 Å². The Hall–Kier alpha value is -2.56. The first kappa shape index (κ1) is 15.8. The van der Waals surface area contributed by atoms with Gasteiger partial charge in [0.05, 0.1) is 13.7 Å². The van der Waals surface area contributed by atoms with Crippen LogP contribution >= 0.6 is 0 Å². The molecule has 0 atom stereocenters. The van der Waals surface area contributed by atoms with E-state index < -0.39 is 0 Å². The summed E-state index contributed by atoms with van der Waals surface area (Å²) in [5.74, 6) is 1.13. The first-order chi connectivity index (χ1) is 10.7. The van der Waals surface area contributed by atoms with Crippen LogP contribution in [-0.4, -0.2) is 36.6 Å². The van der Waals surface area contributed by atoms with Gasteiger partial charge in [-0.05, 0) is 42.8 Å². The molecule has 0 unspecified atom stereocenters. The number of aromatic nitrogens is 1. The van der Waals surface area contributed by atoms with E-state index in [1.807, 2.05) is 19.1 Å². The fraction of sp³-hybridized carbons (Fsp3) is 0.294. The van der Waals surface area contributed by atoms with E-state index in [9.17, 15) is 4.79 Å². The Balaban J connectivity index is 2.14. The minimum absolute atomic E-state index is 0.0711. The van der Waals surface area contributed by atoms with Gasteiger partial charge in [-0.3, -0.25) is 9.78 Å². The molecular weight excluding hydrogens is 280 g/mol. The summed E-state index contributed by atoms with van der Waals surface area (Å²) < 4.78 is 10.7. The highest BCUT2D eigenvalue weighted by molar-refractivity contribution is 5.94. The number of amides is 1. The van der Waals surface area contributed by atoms with Crippen molar-refractivity contribution in [2.75, 3.05) is 20.8 Å². The molecule has 1 heterocycles. The topological polar surface area (TPSA) is 51.7 Å². The lowest BCUT2D eigenvalue weighted by atomic mass is 10.1. The lowest BCUT2D eigenvalue weighted by molar-refractivity contribution is 0.0784. The van der Waals surface area contributed by atoms with Crippen LogP contribution in [0.3, 0.4) is 0 Å². The monoisotopic (exact) mass is 300 g/mol. The van der Waals surface area contributed by atoms with E-state index in [2.05, 4.69) is 4.98 Å². The van der Waals surface area contributed by atoms with Crippen molar-refractivity contribution in [1.29, 1.82) is 0 Å². The summed E-state index contributed by atoms with van der Waals surface area (Å²) in [6.45, 7) is 2.98. The van der Waals surface area contributed by atoms with Crippen molar-refractivity contribution >= 4 is 5.91 Å². The maximum atomic E-state index is 12.5. The van der Waals surface area contributed by atoms with Crippen molar-refractivity contribution in [3.05, 3.63) is 53.9 Å². The molecule has 1 amide bonds. The molecule has 0 aliphatic carbocycles. The van der Waals surface area contributed by atoms with Crippen LogP contribution in [0.1, 0.15) is 22.8 Å². The van der Waals surface area contributed by atoms with Crippen molar-refractivity contribution in [2.45, 2.75) is 13.5 Å². The van der Waals surface area contributed by atoms with Gasteiger partial charge in [0.1, 0.15) is 0 Å². The molecule has 1 aromatic heterocycles. The fourth-order valence-corrected chi connectivity index (χ4v) is 2.13. The number of carbonyl (C=O) groups excluding carboxylic acids is 1. The predicted octanol–water partition coefficient (Wildman–Crippen LogP) is 2.76. The zero-order valence-corrected chi connectivity index (χ0v) is 13.1. The molecular formula is C17H20N2O3. The smallest absolute Gasteiger partial charge is 0.254 e. The average Bonchev–Trinajstić information content (AvgIpc) is 2.55. The maximum Gasteiger partial charge on any atom is 0.254 e. The largest absolute Gasteiger partial charge is 0.493 e.